The number of hydrogen-bond donors (Lipinski definition) is 0. The fourth-order valence-electron chi connectivity index (χ4n) is 3.35. The number of nitrogens with zero attached hydrogens (tertiary/aromatic N) is 2. The first kappa shape index (κ1) is 14.4. The predicted octanol–water partition coefficient (Wildman–Crippen LogP) is 5.07. The Morgan fingerprint density at radius 1 is 1.00 bits per heavy atom. The molecule has 0 fully saturated rings. The molecule has 0 saturated carbocycles. The highest BCUT2D eigenvalue weighted by Gasteiger charge is 2.21. The first-order valence-corrected chi connectivity index (χ1v) is 8.39. The number of fused-ring (bicyclic) bond motifs is 3. The van der Waals surface area contributed by atoms with E-state index < -0.39 is 0 Å². The van der Waals surface area contributed by atoms with Crippen molar-refractivity contribution in [3.05, 3.63) is 47.6 Å². The molecule has 0 aromatic carbocycles. The van der Waals surface area contributed by atoms with E-state index in [1.807, 2.05) is 18.6 Å². The van der Waals surface area contributed by atoms with Gasteiger partial charge in [-0.05, 0) is 36.3 Å². The third-order valence-corrected chi connectivity index (χ3v) is 4.77. The lowest BCUT2D eigenvalue weighted by Gasteiger charge is -2.18. The lowest BCUT2D eigenvalue weighted by molar-refractivity contribution is 0.506. The van der Waals surface area contributed by atoms with Gasteiger partial charge in [0.25, 0.3) is 0 Å². The monoisotopic (exact) mass is 306 g/mol. The molecule has 0 amide bonds. The summed E-state index contributed by atoms with van der Waals surface area (Å²) in [5, 5.41) is 1.17. The molecule has 0 unspecified atom stereocenters. The molecule has 118 valence electrons. The van der Waals surface area contributed by atoms with Crippen LogP contribution in [-0.4, -0.2) is 9.97 Å². The first-order valence-electron chi connectivity index (χ1n) is 8.39. The van der Waals surface area contributed by atoms with E-state index in [-0.39, 0.29) is 5.41 Å². The van der Waals surface area contributed by atoms with E-state index in [1.165, 1.54) is 29.4 Å². The molecule has 0 spiro atoms. The van der Waals surface area contributed by atoms with Gasteiger partial charge in [0.1, 0.15) is 11.3 Å². The molecule has 3 aromatic rings. The van der Waals surface area contributed by atoms with Gasteiger partial charge in [-0.3, -0.25) is 9.97 Å². The van der Waals surface area contributed by atoms with Gasteiger partial charge in [0.05, 0.1) is 11.3 Å². The van der Waals surface area contributed by atoms with Gasteiger partial charge in [-0.1, -0.05) is 26.8 Å². The van der Waals surface area contributed by atoms with Gasteiger partial charge in [-0.25, -0.2) is 0 Å². The minimum Gasteiger partial charge on any atom is -0.460 e. The Bertz CT molecular complexity index is 854. The highest BCUT2D eigenvalue weighted by molar-refractivity contribution is 5.93. The van der Waals surface area contributed by atoms with Crippen molar-refractivity contribution in [1.82, 2.24) is 9.97 Å². The molecular weight excluding hydrogens is 284 g/mol. The Hall–Kier alpha value is -2.16. The number of hydrogen-bond acceptors (Lipinski definition) is 3. The van der Waals surface area contributed by atoms with Crippen molar-refractivity contribution in [2.75, 3.05) is 0 Å². The Kier molecular flexibility index (Phi) is 3.26. The third kappa shape index (κ3) is 2.44. The van der Waals surface area contributed by atoms with Crippen molar-refractivity contribution in [3.8, 4) is 11.3 Å². The SMILES string of the molecule is CC(C)(C)c1ccc(-c2cncc3c4c(oc23)CCCC4)nc1. The second-order valence-corrected chi connectivity index (χ2v) is 7.46. The molecule has 0 bridgehead atoms. The average Bonchev–Trinajstić information content (AvgIpc) is 2.93. The van der Waals surface area contributed by atoms with Gasteiger partial charge in [-0.15, -0.1) is 0 Å². The van der Waals surface area contributed by atoms with Crippen molar-refractivity contribution in [2.24, 2.45) is 0 Å². The van der Waals surface area contributed by atoms with E-state index in [0.717, 1.165) is 35.4 Å². The molecule has 0 saturated heterocycles. The van der Waals surface area contributed by atoms with Gasteiger partial charge in [0.15, 0.2) is 0 Å². The maximum Gasteiger partial charge on any atom is 0.147 e. The minimum atomic E-state index is 0.111. The highest BCUT2D eigenvalue weighted by Crippen LogP contribution is 2.36. The maximum atomic E-state index is 6.19. The fraction of sp³-hybridized carbons (Fsp3) is 0.400. The van der Waals surface area contributed by atoms with Crippen LogP contribution < -0.4 is 0 Å². The van der Waals surface area contributed by atoms with E-state index >= 15 is 0 Å². The van der Waals surface area contributed by atoms with Crippen LogP contribution in [-0.2, 0) is 18.3 Å². The number of pyridine rings is 2. The summed E-state index contributed by atoms with van der Waals surface area (Å²) in [4.78, 5) is 9.11. The van der Waals surface area contributed by atoms with Crippen LogP contribution in [0.4, 0.5) is 0 Å². The molecule has 3 heterocycles. The summed E-state index contributed by atoms with van der Waals surface area (Å²) in [6, 6.07) is 4.24. The van der Waals surface area contributed by atoms with Gasteiger partial charge in [-0.2, -0.15) is 0 Å². The average molecular weight is 306 g/mol. The van der Waals surface area contributed by atoms with E-state index in [2.05, 4.69) is 42.9 Å². The smallest absolute Gasteiger partial charge is 0.147 e. The summed E-state index contributed by atoms with van der Waals surface area (Å²) in [5.74, 6) is 1.15. The highest BCUT2D eigenvalue weighted by atomic mass is 16.3. The van der Waals surface area contributed by atoms with Crippen LogP contribution in [0.2, 0.25) is 0 Å². The summed E-state index contributed by atoms with van der Waals surface area (Å²) in [7, 11) is 0. The molecule has 0 aliphatic heterocycles. The predicted molar refractivity (Wildman–Crippen MR) is 92.6 cm³/mol. The molecular formula is C20H22N2O. The maximum absolute atomic E-state index is 6.19. The molecule has 0 radical (unpaired) electrons. The third-order valence-electron chi connectivity index (χ3n) is 4.77. The van der Waals surface area contributed by atoms with Crippen LogP contribution in [0.5, 0.6) is 0 Å². The molecule has 3 heteroatoms. The van der Waals surface area contributed by atoms with Crippen molar-refractivity contribution >= 4 is 11.0 Å². The summed E-state index contributed by atoms with van der Waals surface area (Å²) in [6.07, 6.45) is 10.4. The number of aromatic nitrogens is 2. The van der Waals surface area contributed by atoms with Crippen LogP contribution in [0.15, 0.2) is 35.1 Å². The standard InChI is InChI=1S/C20H22N2O/c1-20(2,3)13-8-9-17(22-10-13)16-12-21-11-15-14-6-4-5-7-18(14)23-19(15)16/h8-12H,4-7H2,1-3H3. The summed E-state index contributed by atoms with van der Waals surface area (Å²) < 4.78 is 6.19. The lowest BCUT2D eigenvalue weighted by Crippen LogP contribution is -2.11. The van der Waals surface area contributed by atoms with Crippen molar-refractivity contribution in [1.29, 1.82) is 0 Å². The molecule has 3 aromatic heterocycles. The molecule has 23 heavy (non-hydrogen) atoms. The Labute approximate surface area is 136 Å². The van der Waals surface area contributed by atoms with Crippen molar-refractivity contribution in [2.45, 2.75) is 51.9 Å². The zero-order chi connectivity index (χ0) is 16.0. The zero-order valence-electron chi connectivity index (χ0n) is 14.0. The van der Waals surface area contributed by atoms with Crippen LogP contribution >= 0.6 is 0 Å². The van der Waals surface area contributed by atoms with E-state index in [9.17, 15) is 0 Å². The van der Waals surface area contributed by atoms with Crippen LogP contribution in [0.1, 0.15) is 50.5 Å². The normalized spacial score (nSPS) is 14.9. The summed E-state index contributed by atoms with van der Waals surface area (Å²) in [6.45, 7) is 6.60. The van der Waals surface area contributed by atoms with E-state index in [4.69, 9.17) is 4.42 Å². The van der Waals surface area contributed by atoms with Crippen molar-refractivity contribution in [3.63, 3.8) is 0 Å². The lowest BCUT2D eigenvalue weighted by atomic mass is 9.88. The zero-order valence-corrected chi connectivity index (χ0v) is 14.0. The minimum absolute atomic E-state index is 0.111. The molecule has 4 rings (SSSR count). The first-order chi connectivity index (χ1) is 11.0. The second kappa shape index (κ2) is 5.19. The van der Waals surface area contributed by atoms with Gasteiger partial charge in [0, 0.05) is 36.0 Å². The Morgan fingerprint density at radius 3 is 2.57 bits per heavy atom. The summed E-state index contributed by atoms with van der Waals surface area (Å²) in [5.41, 5.74) is 5.58. The second-order valence-electron chi connectivity index (χ2n) is 7.46. The van der Waals surface area contributed by atoms with Gasteiger partial charge < -0.3 is 4.42 Å². The quantitative estimate of drug-likeness (QED) is 0.630. The van der Waals surface area contributed by atoms with E-state index in [0.29, 0.717) is 0 Å². The van der Waals surface area contributed by atoms with Crippen LogP contribution in [0.25, 0.3) is 22.2 Å². The van der Waals surface area contributed by atoms with E-state index in [1.54, 1.807) is 0 Å². The molecule has 1 aliphatic carbocycles. The fourth-order valence-corrected chi connectivity index (χ4v) is 3.35. The Morgan fingerprint density at radius 2 is 1.83 bits per heavy atom. The molecule has 1 aliphatic rings. The molecule has 3 nitrogen and oxygen atoms in total. The summed E-state index contributed by atoms with van der Waals surface area (Å²) >= 11 is 0. The number of aryl methyl sites for hydroxylation is 2. The topological polar surface area (TPSA) is 38.9 Å². The van der Waals surface area contributed by atoms with Crippen LogP contribution in [0, 0.1) is 0 Å². The molecule has 0 N–H and O–H groups in total. The largest absolute Gasteiger partial charge is 0.460 e. The number of rotatable bonds is 1. The molecule has 0 atom stereocenters. The van der Waals surface area contributed by atoms with Crippen LogP contribution in [0.3, 0.4) is 0 Å². The van der Waals surface area contributed by atoms with Crippen molar-refractivity contribution < 1.29 is 4.42 Å². The van der Waals surface area contributed by atoms with Gasteiger partial charge in [0.2, 0.25) is 0 Å². The number of furan rings is 1. The van der Waals surface area contributed by atoms with Gasteiger partial charge >= 0.3 is 0 Å². The Balaban J connectivity index is 1.84.